The predicted molar refractivity (Wildman–Crippen MR) is 75.9 cm³/mol. The van der Waals surface area contributed by atoms with Gasteiger partial charge in [0, 0.05) is 12.3 Å². The van der Waals surface area contributed by atoms with Gasteiger partial charge in [0.05, 0.1) is 12.7 Å². The van der Waals surface area contributed by atoms with Crippen molar-refractivity contribution >= 4 is 7.82 Å². The van der Waals surface area contributed by atoms with Crippen LogP contribution in [0.4, 0.5) is 0 Å². The van der Waals surface area contributed by atoms with Gasteiger partial charge in [-0.1, -0.05) is 0 Å². The lowest BCUT2D eigenvalue weighted by Crippen LogP contribution is -2.36. The third kappa shape index (κ3) is 3.06. The molecular formula is C12H17N2O8P. The number of hydrogen-bond acceptors (Lipinski definition) is 8. The van der Waals surface area contributed by atoms with Crippen molar-refractivity contribution in [1.29, 1.82) is 0 Å². The number of ether oxygens (including phenoxy) is 1. The number of nitrogens with one attached hydrogen (secondary N) is 1. The molecule has 0 radical (unpaired) electrons. The maximum absolute atomic E-state index is 12.5. The molecule has 1 aromatic rings. The summed E-state index contributed by atoms with van der Waals surface area (Å²) in [6.07, 6.45) is -2.78. The van der Waals surface area contributed by atoms with E-state index in [1.807, 2.05) is 0 Å². The van der Waals surface area contributed by atoms with Gasteiger partial charge in [-0.2, -0.15) is 0 Å². The lowest BCUT2D eigenvalue weighted by Gasteiger charge is -2.21. The van der Waals surface area contributed by atoms with E-state index < -0.39 is 56.3 Å². The van der Waals surface area contributed by atoms with Gasteiger partial charge in [-0.05, 0) is 13.8 Å². The molecule has 2 N–H and O–H groups in total. The van der Waals surface area contributed by atoms with Crippen LogP contribution in [0, 0.1) is 0 Å². The van der Waals surface area contributed by atoms with Crippen molar-refractivity contribution in [3.8, 4) is 0 Å². The van der Waals surface area contributed by atoms with E-state index in [2.05, 4.69) is 4.98 Å². The number of hydrogen-bond donors (Lipinski definition) is 2. The smallest absolute Gasteiger partial charge is 0.394 e. The fraction of sp³-hybridized carbons (Fsp3) is 0.667. The molecule has 2 saturated heterocycles. The third-order valence-electron chi connectivity index (χ3n) is 3.43. The van der Waals surface area contributed by atoms with Crippen LogP contribution in [0.2, 0.25) is 0 Å². The van der Waals surface area contributed by atoms with Gasteiger partial charge in [-0.25, -0.2) is 9.36 Å². The summed E-state index contributed by atoms with van der Waals surface area (Å²) in [6.45, 7) is 2.93. The predicted octanol–water partition coefficient (Wildman–Crippen LogP) is -0.257. The van der Waals surface area contributed by atoms with Gasteiger partial charge < -0.3 is 9.84 Å². The van der Waals surface area contributed by atoms with E-state index in [4.69, 9.17) is 18.3 Å². The highest BCUT2D eigenvalue weighted by molar-refractivity contribution is 7.48. The molecule has 0 bridgehead atoms. The molecule has 23 heavy (non-hydrogen) atoms. The highest BCUT2D eigenvalue weighted by Crippen LogP contribution is 2.62. The summed E-state index contributed by atoms with van der Waals surface area (Å²) in [7, 11) is -3.82. The Morgan fingerprint density at radius 2 is 2.09 bits per heavy atom. The molecule has 3 heterocycles. The first-order chi connectivity index (χ1) is 10.8. The Hall–Kier alpha value is -1.29. The Kier molecular flexibility index (Phi) is 4.30. The van der Waals surface area contributed by atoms with Crippen molar-refractivity contribution in [2.24, 2.45) is 0 Å². The minimum atomic E-state index is -3.82. The lowest BCUT2D eigenvalue weighted by molar-refractivity contribution is -0.0651. The molecule has 2 fully saturated rings. The highest BCUT2D eigenvalue weighted by Gasteiger charge is 2.59. The van der Waals surface area contributed by atoms with Crippen LogP contribution >= 0.6 is 7.82 Å². The number of aliphatic hydroxyl groups is 1. The van der Waals surface area contributed by atoms with E-state index in [1.165, 1.54) is 6.20 Å². The van der Waals surface area contributed by atoms with Crippen molar-refractivity contribution in [2.75, 3.05) is 6.61 Å². The Labute approximate surface area is 130 Å². The molecule has 2 aliphatic heterocycles. The first-order valence-electron chi connectivity index (χ1n) is 7.06. The number of H-pyrrole nitrogens is 1. The standard InChI is InChI=1S/C12H17N2O8P/c1-6(2)20-23(18)21-9-7(5-15)19-11(10(9)22-23)14-4-3-8(16)13-12(14)17/h3-4,6-7,9-11,15H,5H2,1-2H3,(H,13,16,17)/t7-,9-,10-,11-,23?/m1/s1. The zero-order chi connectivity index (χ0) is 16.8. The average molecular weight is 348 g/mol. The van der Waals surface area contributed by atoms with Crippen molar-refractivity contribution in [3.05, 3.63) is 33.1 Å². The maximum atomic E-state index is 12.5. The minimum Gasteiger partial charge on any atom is -0.394 e. The van der Waals surface area contributed by atoms with Crippen LogP contribution < -0.4 is 11.2 Å². The number of aliphatic hydroxyl groups excluding tert-OH is 1. The third-order valence-corrected chi connectivity index (χ3v) is 5.12. The molecule has 1 aromatic heterocycles. The number of aromatic amines is 1. The molecule has 5 atom stereocenters. The van der Waals surface area contributed by atoms with E-state index >= 15 is 0 Å². The number of nitrogens with zero attached hydrogens (tertiary/aromatic N) is 1. The molecule has 11 heteroatoms. The topological polar surface area (TPSA) is 129 Å². The second kappa shape index (κ2) is 5.97. The Balaban J connectivity index is 1.93. The molecule has 0 aliphatic carbocycles. The summed E-state index contributed by atoms with van der Waals surface area (Å²) >= 11 is 0. The van der Waals surface area contributed by atoms with Crippen molar-refractivity contribution in [3.63, 3.8) is 0 Å². The van der Waals surface area contributed by atoms with E-state index in [1.54, 1.807) is 13.8 Å². The van der Waals surface area contributed by atoms with Gasteiger partial charge in [-0.15, -0.1) is 0 Å². The van der Waals surface area contributed by atoms with Gasteiger partial charge >= 0.3 is 13.5 Å². The van der Waals surface area contributed by atoms with Gasteiger partial charge in [-0.3, -0.25) is 27.9 Å². The van der Waals surface area contributed by atoms with E-state index in [0.717, 1.165) is 10.6 Å². The molecule has 3 rings (SSSR count). The maximum Gasteiger partial charge on any atom is 0.476 e. The number of fused-ring (bicyclic) bond motifs is 1. The summed E-state index contributed by atoms with van der Waals surface area (Å²) < 4.78 is 35.0. The SMILES string of the molecule is CC(C)OP1(=O)O[C@@H]2[C@H](O1)[C@@H](CO)O[C@H]2n1ccc(=O)[nH]c1=O. The second-order valence-corrected chi connectivity index (χ2v) is 7.03. The molecule has 10 nitrogen and oxygen atoms in total. The normalized spacial score (nSPS) is 36.5. The molecule has 0 aromatic carbocycles. The largest absolute Gasteiger partial charge is 0.476 e. The van der Waals surface area contributed by atoms with E-state index in [9.17, 15) is 19.3 Å². The summed E-state index contributed by atoms with van der Waals surface area (Å²) in [5.74, 6) is 0. The Morgan fingerprint density at radius 1 is 1.39 bits per heavy atom. The summed E-state index contributed by atoms with van der Waals surface area (Å²) in [5, 5.41) is 9.41. The number of phosphoric ester groups is 1. The van der Waals surface area contributed by atoms with Crippen LogP contribution in [0.1, 0.15) is 20.1 Å². The number of rotatable bonds is 4. The van der Waals surface area contributed by atoms with Crippen LogP contribution in [0.25, 0.3) is 0 Å². The van der Waals surface area contributed by atoms with E-state index in [-0.39, 0.29) is 0 Å². The first kappa shape index (κ1) is 16.6. The molecule has 0 spiro atoms. The molecule has 0 amide bonds. The first-order valence-corrected chi connectivity index (χ1v) is 8.52. The van der Waals surface area contributed by atoms with E-state index in [0.29, 0.717) is 0 Å². The lowest BCUT2D eigenvalue weighted by atomic mass is 10.1. The van der Waals surface area contributed by atoms with Crippen LogP contribution in [0.5, 0.6) is 0 Å². The van der Waals surface area contributed by atoms with Crippen LogP contribution in [0.15, 0.2) is 21.9 Å². The van der Waals surface area contributed by atoms with Crippen LogP contribution in [-0.4, -0.2) is 45.7 Å². The van der Waals surface area contributed by atoms with Gasteiger partial charge in [0.25, 0.3) is 5.56 Å². The average Bonchev–Trinajstić information content (AvgIpc) is 2.92. The zero-order valence-corrected chi connectivity index (χ0v) is 13.3. The molecule has 2 aliphatic rings. The summed E-state index contributed by atoms with van der Waals surface area (Å²) in [6, 6.07) is 1.14. The molecular weight excluding hydrogens is 331 g/mol. The second-order valence-electron chi connectivity index (χ2n) is 5.51. The van der Waals surface area contributed by atoms with Crippen LogP contribution in [0.3, 0.4) is 0 Å². The zero-order valence-electron chi connectivity index (χ0n) is 12.4. The quantitative estimate of drug-likeness (QED) is 0.712. The van der Waals surface area contributed by atoms with Crippen molar-refractivity contribution < 1.29 is 28.0 Å². The summed E-state index contributed by atoms with van der Waals surface area (Å²) in [4.78, 5) is 25.2. The fourth-order valence-corrected chi connectivity index (χ4v) is 4.32. The monoisotopic (exact) mass is 348 g/mol. The highest BCUT2D eigenvalue weighted by atomic mass is 31.2. The van der Waals surface area contributed by atoms with Crippen molar-refractivity contribution in [2.45, 2.75) is 44.5 Å². The van der Waals surface area contributed by atoms with Crippen LogP contribution in [-0.2, 0) is 22.9 Å². The summed E-state index contributed by atoms with van der Waals surface area (Å²) in [5.41, 5.74) is -1.27. The minimum absolute atomic E-state index is 0.401. The fourth-order valence-electron chi connectivity index (χ4n) is 2.58. The number of aromatic nitrogens is 2. The molecule has 0 saturated carbocycles. The Bertz CT molecular complexity index is 743. The number of phosphoric acid groups is 1. The van der Waals surface area contributed by atoms with Gasteiger partial charge in [0.1, 0.15) is 18.3 Å². The Morgan fingerprint density at radius 3 is 2.70 bits per heavy atom. The van der Waals surface area contributed by atoms with Gasteiger partial charge in [0.2, 0.25) is 0 Å². The van der Waals surface area contributed by atoms with Crippen molar-refractivity contribution in [1.82, 2.24) is 9.55 Å². The molecule has 1 unspecified atom stereocenters. The van der Waals surface area contributed by atoms with Gasteiger partial charge in [0.15, 0.2) is 6.23 Å². The molecule has 128 valence electrons.